The van der Waals surface area contributed by atoms with Gasteiger partial charge in [-0.2, -0.15) is 0 Å². The molecular weight excluding hydrogens is 212 g/mol. The number of nitrogens with two attached hydrogens (primary N) is 1. The van der Waals surface area contributed by atoms with Gasteiger partial charge in [0.15, 0.2) is 0 Å². The minimum Gasteiger partial charge on any atom is -0.398 e. The SMILES string of the molecule is N=Cc1cc(CCc2ncccn2)ccc1N. The zero-order valence-electron chi connectivity index (χ0n) is 9.43. The largest absolute Gasteiger partial charge is 0.398 e. The van der Waals surface area contributed by atoms with Gasteiger partial charge in [-0.25, -0.2) is 9.97 Å². The molecule has 2 rings (SSSR count). The number of aryl methyl sites for hydroxylation is 2. The van der Waals surface area contributed by atoms with E-state index in [9.17, 15) is 0 Å². The number of nitrogens with zero attached hydrogens (tertiary/aromatic N) is 2. The van der Waals surface area contributed by atoms with Crippen molar-refractivity contribution in [1.29, 1.82) is 5.41 Å². The molecule has 0 atom stereocenters. The molecule has 0 radical (unpaired) electrons. The number of benzene rings is 1. The van der Waals surface area contributed by atoms with Gasteiger partial charge >= 0.3 is 0 Å². The van der Waals surface area contributed by atoms with Crippen LogP contribution >= 0.6 is 0 Å². The average Bonchev–Trinajstić information content (AvgIpc) is 2.39. The summed E-state index contributed by atoms with van der Waals surface area (Å²) in [7, 11) is 0. The van der Waals surface area contributed by atoms with E-state index >= 15 is 0 Å². The molecule has 0 spiro atoms. The van der Waals surface area contributed by atoms with Crippen LogP contribution < -0.4 is 5.73 Å². The van der Waals surface area contributed by atoms with Crippen LogP contribution in [0.1, 0.15) is 17.0 Å². The second-order valence-electron chi connectivity index (χ2n) is 3.77. The Morgan fingerprint density at radius 1 is 1.18 bits per heavy atom. The number of rotatable bonds is 4. The third-order valence-corrected chi connectivity index (χ3v) is 2.56. The Bertz CT molecular complexity index is 508. The molecule has 0 bridgehead atoms. The molecule has 0 unspecified atom stereocenters. The maximum Gasteiger partial charge on any atom is 0.128 e. The summed E-state index contributed by atoms with van der Waals surface area (Å²) >= 11 is 0. The summed E-state index contributed by atoms with van der Waals surface area (Å²) in [6.45, 7) is 0. The second kappa shape index (κ2) is 5.21. The van der Waals surface area contributed by atoms with Crippen LogP contribution in [0.25, 0.3) is 0 Å². The van der Waals surface area contributed by atoms with Gasteiger partial charge in [0, 0.05) is 36.3 Å². The quantitative estimate of drug-likeness (QED) is 0.617. The number of anilines is 1. The highest BCUT2D eigenvalue weighted by Crippen LogP contribution is 2.13. The molecule has 0 aliphatic heterocycles. The molecule has 0 aliphatic rings. The molecule has 0 saturated heterocycles. The predicted molar refractivity (Wildman–Crippen MR) is 68.2 cm³/mol. The van der Waals surface area contributed by atoms with Gasteiger partial charge in [-0.05, 0) is 30.2 Å². The van der Waals surface area contributed by atoms with Gasteiger partial charge in [0.2, 0.25) is 0 Å². The molecule has 2 aromatic rings. The van der Waals surface area contributed by atoms with Crippen LogP contribution in [0.2, 0.25) is 0 Å². The normalized spacial score (nSPS) is 10.1. The van der Waals surface area contributed by atoms with Crippen molar-refractivity contribution in [3.63, 3.8) is 0 Å². The number of hydrogen-bond donors (Lipinski definition) is 2. The Labute approximate surface area is 100 Å². The summed E-state index contributed by atoms with van der Waals surface area (Å²) in [5, 5.41) is 7.25. The van der Waals surface area contributed by atoms with Gasteiger partial charge in [0.05, 0.1) is 0 Å². The first kappa shape index (κ1) is 11.3. The Balaban J connectivity index is 2.07. The predicted octanol–water partition coefficient (Wildman–Crippen LogP) is 1.84. The van der Waals surface area contributed by atoms with Crippen molar-refractivity contribution in [3.05, 3.63) is 53.6 Å². The summed E-state index contributed by atoms with van der Waals surface area (Å²) in [6.07, 6.45) is 6.41. The third-order valence-electron chi connectivity index (χ3n) is 2.56. The van der Waals surface area contributed by atoms with E-state index in [4.69, 9.17) is 11.1 Å². The molecule has 1 aromatic carbocycles. The maximum absolute atomic E-state index is 7.25. The summed E-state index contributed by atoms with van der Waals surface area (Å²) < 4.78 is 0. The molecule has 0 aliphatic carbocycles. The highest BCUT2D eigenvalue weighted by atomic mass is 14.8. The van der Waals surface area contributed by atoms with E-state index < -0.39 is 0 Å². The van der Waals surface area contributed by atoms with Crippen molar-refractivity contribution in [2.75, 3.05) is 5.73 Å². The number of nitrogen functional groups attached to an aromatic ring is 1. The fraction of sp³-hybridized carbons (Fsp3) is 0.154. The lowest BCUT2D eigenvalue weighted by Crippen LogP contribution is -1.99. The molecule has 0 fully saturated rings. The van der Waals surface area contributed by atoms with E-state index in [1.54, 1.807) is 18.5 Å². The van der Waals surface area contributed by atoms with Gasteiger partial charge < -0.3 is 11.1 Å². The van der Waals surface area contributed by atoms with Gasteiger partial charge in [-0.1, -0.05) is 6.07 Å². The van der Waals surface area contributed by atoms with Gasteiger partial charge in [0.25, 0.3) is 0 Å². The van der Waals surface area contributed by atoms with E-state index in [1.807, 2.05) is 18.2 Å². The molecule has 3 N–H and O–H groups in total. The molecule has 0 saturated carbocycles. The standard InChI is InChI=1S/C13H14N4/c14-9-11-8-10(2-4-12(11)15)3-5-13-16-6-1-7-17-13/h1-2,4,6-9,14H,3,5,15H2. The van der Waals surface area contributed by atoms with E-state index in [2.05, 4.69) is 9.97 Å². The van der Waals surface area contributed by atoms with Crippen LogP contribution in [0.4, 0.5) is 5.69 Å². The smallest absolute Gasteiger partial charge is 0.128 e. The summed E-state index contributed by atoms with van der Waals surface area (Å²) in [5.41, 5.74) is 8.27. The summed E-state index contributed by atoms with van der Waals surface area (Å²) in [6, 6.07) is 7.55. The van der Waals surface area contributed by atoms with Crippen LogP contribution in [0.15, 0.2) is 36.7 Å². The minimum atomic E-state index is 0.639. The fourth-order valence-electron chi connectivity index (χ4n) is 1.62. The molecule has 17 heavy (non-hydrogen) atoms. The van der Waals surface area contributed by atoms with Crippen LogP contribution in [0.3, 0.4) is 0 Å². The molecule has 4 nitrogen and oxygen atoms in total. The highest BCUT2D eigenvalue weighted by molar-refractivity contribution is 5.85. The van der Waals surface area contributed by atoms with Crippen LogP contribution in [-0.4, -0.2) is 16.2 Å². The minimum absolute atomic E-state index is 0.639. The van der Waals surface area contributed by atoms with Crippen molar-refractivity contribution in [3.8, 4) is 0 Å². The van der Waals surface area contributed by atoms with E-state index in [0.717, 1.165) is 29.8 Å². The lowest BCUT2D eigenvalue weighted by atomic mass is 10.1. The van der Waals surface area contributed by atoms with Crippen molar-refractivity contribution < 1.29 is 0 Å². The fourth-order valence-corrected chi connectivity index (χ4v) is 1.62. The monoisotopic (exact) mass is 226 g/mol. The number of hydrogen-bond acceptors (Lipinski definition) is 4. The lowest BCUT2D eigenvalue weighted by molar-refractivity contribution is 0.857. The van der Waals surface area contributed by atoms with Crippen molar-refractivity contribution in [2.24, 2.45) is 0 Å². The molecule has 1 heterocycles. The summed E-state index contributed by atoms with van der Waals surface area (Å²) in [5.74, 6) is 0.834. The molecular formula is C13H14N4. The average molecular weight is 226 g/mol. The molecule has 86 valence electrons. The van der Waals surface area contributed by atoms with E-state index in [-0.39, 0.29) is 0 Å². The molecule has 1 aromatic heterocycles. The Morgan fingerprint density at radius 2 is 1.94 bits per heavy atom. The van der Waals surface area contributed by atoms with Gasteiger partial charge in [-0.15, -0.1) is 0 Å². The molecule has 4 heteroatoms. The Morgan fingerprint density at radius 3 is 2.65 bits per heavy atom. The number of aromatic nitrogens is 2. The van der Waals surface area contributed by atoms with Crippen molar-refractivity contribution in [1.82, 2.24) is 9.97 Å². The van der Waals surface area contributed by atoms with Crippen LogP contribution in [0.5, 0.6) is 0 Å². The highest BCUT2D eigenvalue weighted by Gasteiger charge is 2.01. The third kappa shape index (κ3) is 2.87. The maximum atomic E-state index is 7.25. The van der Waals surface area contributed by atoms with Crippen molar-refractivity contribution in [2.45, 2.75) is 12.8 Å². The summed E-state index contributed by atoms with van der Waals surface area (Å²) in [4.78, 5) is 8.35. The Kier molecular flexibility index (Phi) is 3.45. The van der Waals surface area contributed by atoms with Crippen molar-refractivity contribution >= 4 is 11.9 Å². The van der Waals surface area contributed by atoms with Gasteiger partial charge in [-0.3, -0.25) is 0 Å². The molecule has 0 amide bonds. The van der Waals surface area contributed by atoms with Gasteiger partial charge in [0.1, 0.15) is 5.82 Å². The van der Waals surface area contributed by atoms with Crippen LogP contribution in [0, 0.1) is 5.41 Å². The van der Waals surface area contributed by atoms with Crippen LogP contribution in [-0.2, 0) is 12.8 Å². The Hall–Kier alpha value is -2.23. The topological polar surface area (TPSA) is 75.7 Å². The zero-order valence-corrected chi connectivity index (χ0v) is 9.43. The first-order chi connectivity index (χ1) is 8.29. The van der Waals surface area contributed by atoms with E-state index in [0.29, 0.717) is 5.69 Å². The first-order valence-electron chi connectivity index (χ1n) is 5.44. The second-order valence-corrected chi connectivity index (χ2v) is 3.77. The number of nitrogens with one attached hydrogen (secondary N) is 1. The zero-order chi connectivity index (χ0) is 12.1. The van der Waals surface area contributed by atoms with E-state index in [1.165, 1.54) is 6.21 Å². The first-order valence-corrected chi connectivity index (χ1v) is 5.44. The lowest BCUT2D eigenvalue weighted by Gasteiger charge is -2.04.